The minimum atomic E-state index is -3.57. The monoisotopic (exact) mass is 359 g/mol. The number of carbonyl (C=O) groups excluding carboxylic acids is 1. The Kier molecular flexibility index (Phi) is 5.27. The highest BCUT2D eigenvalue weighted by atomic mass is 32.2. The van der Waals surface area contributed by atoms with Crippen LogP contribution in [0.15, 0.2) is 52.4 Å². The molecule has 132 valence electrons. The number of amides is 1. The van der Waals surface area contributed by atoms with Crippen LogP contribution in [-0.2, 0) is 9.84 Å². The van der Waals surface area contributed by atoms with Crippen LogP contribution in [0.3, 0.4) is 0 Å². The van der Waals surface area contributed by atoms with Crippen LogP contribution >= 0.6 is 0 Å². The molecule has 25 heavy (non-hydrogen) atoms. The topological polar surface area (TPSA) is 116 Å². The third-order valence-corrected chi connectivity index (χ3v) is 4.86. The molecular formula is C18H21N3O3S. The fourth-order valence-corrected chi connectivity index (χ4v) is 3.50. The van der Waals surface area contributed by atoms with Crippen LogP contribution in [0.25, 0.3) is 11.1 Å². The second-order valence-electron chi connectivity index (χ2n) is 6.07. The summed E-state index contributed by atoms with van der Waals surface area (Å²) in [7, 11) is -3.57. The van der Waals surface area contributed by atoms with Gasteiger partial charge in [-0.3, -0.25) is 4.79 Å². The summed E-state index contributed by atoms with van der Waals surface area (Å²) in [6.07, 6.45) is 1.11. The molecule has 2 rings (SSSR count). The van der Waals surface area contributed by atoms with E-state index in [9.17, 15) is 13.2 Å². The summed E-state index contributed by atoms with van der Waals surface area (Å²) in [5.41, 5.74) is 12.8. The molecule has 0 heterocycles. The van der Waals surface area contributed by atoms with Gasteiger partial charge in [0.05, 0.1) is 4.90 Å². The number of rotatable bonds is 4. The molecule has 0 aliphatic rings. The van der Waals surface area contributed by atoms with Crippen LogP contribution in [0, 0.1) is 0 Å². The molecule has 0 bridgehead atoms. The Morgan fingerprint density at radius 1 is 1.08 bits per heavy atom. The SMILES string of the molecule is CC(C)c1cc(-c2ccccc2)c(S(C)(=O)=O)cc1C(=O)N=C(N)N. The number of benzene rings is 2. The highest BCUT2D eigenvalue weighted by molar-refractivity contribution is 7.90. The van der Waals surface area contributed by atoms with Crippen molar-refractivity contribution in [3.63, 3.8) is 0 Å². The molecule has 0 saturated carbocycles. The van der Waals surface area contributed by atoms with Gasteiger partial charge in [0.1, 0.15) is 0 Å². The minimum Gasteiger partial charge on any atom is -0.370 e. The first-order valence-corrected chi connectivity index (χ1v) is 9.57. The van der Waals surface area contributed by atoms with E-state index in [1.54, 1.807) is 6.07 Å². The summed E-state index contributed by atoms with van der Waals surface area (Å²) in [5.74, 6) is -1.05. The fourth-order valence-electron chi connectivity index (χ4n) is 2.59. The van der Waals surface area contributed by atoms with E-state index in [0.29, 0.717) is 11.1 Å². The molecule has 0 saturated heterocycles. The maximum atomic E-state index is 12.4. The quantitative estimate of drug-likeness (QED) is 0.642. The van der Waals surface area contributed by atoms with E-state index in [1.165, 1.54) is 6.07 Å². The van der Waals surface area contributed by atoms with Gasteiger partial charge < -0.3 is 11.5 Å². The Bertz CT molecular complexity index is 930. The van der Waals surface area contributed by atoms with E-state index in [4.69, 9.17) is 11.5 Å². The van der Waals surface area contributed by atoms with Gasteiger partial charge in [-0.2, -0.15) is 4.99 Å². The van der Waals surface area contributed by atoms with Crippen molar-refractivity contribution in [3.05, 3.63) is 53.6 Å². The van der Waals surface area contributed by atoms with Gasteiger partial charge in [-0.1, -0.05) is 44.2 Å². The number of hydrogen-bond donors (Lipinski definition) is 2. The highest BCUT2D eigenvalue weighted by Gasteiger charge is 2.22. The standard InChI is InChI=1S/C18H21N3O3S/c1-11(2)13-9-14(12-7-5-4-6-8-12)16(25(3,23)24)10-15(13)17(22)21-18(19)20/h4-11H,1-3H3,(H4,19,20,21,22). The molecule has 7 heteroatoms. The zero-order chi connectivity index (χ0) is 18.8. The van der Waals surface area contributed by atoms with Crippen molar-refractivity contribution in [2.75, 3.05) is 6.26 Å². The van der Waals surface area contributed by atoms with Crippen LogP contribution in [0.1, 0.15) is 35.7 Å². The van der Waals surface area contributed by atoms with Gasteiger partial charge in [-0.05, 0) is 29.2 Å². The van der Waals surface area contributed by atoms with Gasteiger partial charge in [0.15, 0.2) is 15.8 Å². The number of guanidine groups is 1. The first-order chi connectivity index (χ1) is 11.6. The molecule has 2 aromatic carbocycles. The van der Waals surface area contributed by atoms with Crippen molar-refractivity contribution in [1.82, 2.24) is 0 Å². The van der Waals surface area contributed by atoms with Crippen molar-refractivity contribution >= 4 is 21.7 Å². The zero-order valence-electron chi connectivity index (χ0n) is 14.4. The largest absolute Gasteiger partial charge is 0.370 e. The second-order valence-corrected chi connectivity index (χ2v) is 8.05. The summed E-state index contributed by atoms with van der Waals surface area (Å²) < 4.78 is 24.6. The van der Waals surface area contributed by atoms with Gasteiger partial charge >= 0.3 is 0 Å². The third kappa shape index (κ3) is 4.24. The molecule has 0 fully saturated rings. The summed E-state index contributed by atoms with van der Waals surface area (Å²) >= 11 is 0. The zero-order valence-corrected chi connectivity index (χ0v) is 15.2. The maximum absolute atomic E-state index is 12.4. The average molecular weight is 359 g/mol. The smallest absolute Gasteiger partial charge is 0.280 e. The lowest BCUT2D eigenvalue weighted by atomic mass is 9.92. The van der Waals surface area contributed by atoms with Crippen LogP contribution in [-0.4, -0.2) is 26.5 Å². The molecule has 0 atom stereocenters. The van der Waals surface area contributed by atoms with Crippen molar-refractivity contribution in [1.29, 1.82) is 0 Å². The summed E-state index contributed by atoms with van der Waals surface area (Å²) in [4.78, 5) is 16.0. The van der Waals surface area contributed by atoms with Crippen LogP contribution in [0.5, 0.6) is 0 Å². The molecule has 0 aromatic heterocycles. The summed E-state index contributed by atoms with van der Waals surface area (Å²) in [5, 5.41) is 0. The van der Waals surface area contributed by atoms with Crippen molar-refractivity contribution < 1.29 is 13.2 Å². The average Bonchev–Trinajstić information content (AvgIpc) is 2.52. The molecule has 2 aromatic rings. The molecular weight excluding hydrogens is 338 g/mol. The Morgan fingerprint density at radius 2 is 1.68 bits per heavy atom. The van der Waals surface area contributed by atoms with Gasteiger partial charge in [0, 0.05) is 17.4 Å². The van der Waals surface area contributed by atoms with Crippen LogP contribution < -0.4 is 11.5 Å². The molecule has 6 nitrogen and oxygen atoms in total. The number of aliphatic imine (C=N–C) groups is 1. The number of sulfone groups is 1. The molecule has 1 amide bonds. The van der Waals surface area contributed by atoms with E-state index in [2.05, 4.69) is 4.99 Å². The Hall–Kier alpha value is -2.67. The minimum absolute atomic E-state index is 0.0239. The first kappa shape index (κ1) is 18.7. The molecule has 0 aliphatic carbocycles. The van der Waals surface area contributed by atoms with Gasteiger partial charge in [-0.25, -0.2) is 8.42 Å². The van der Waals surface area contributed by atoms with E-state index < -0.39 is 15.7 Å². The Morgan fingerprint density at radius 3 is 2.16 bits per heavy atom. The summed E-state index contributed by atoms with van der Waals surface area (Å²) in [6.45, 7) is 3.83. The van der Waals surface area contributed by atoms with E-state index in [1.807, 2.05) is 44.2 Å². The lowest BCUT2D eigenvalue weighted by Gasteiger charge is -2.16. The van der Waals surface area contributed by atoms with Crippen molar-refractivity contribution in [3.8, 4) is 11.1 Å². The van der Waals surface area contributed by atoms with E-state index in [-0.39, 0.29) is 22.3 Å². The molecule has 0 radical (unpaired) electrons. The Labute approximate surface area is 147 Å². The van der Waals surface area contributed by atoms with E-state index >= 15 is 0 Å². The maximum Gasteiger partial charge on any atom is 0.280 e. The van der Waals surface area contributed by atoms with Crippen molar-refractivity contribution in [2.45, 2.75) is 24.7 Å². The predicted octanol–water partition coefficient (Wildman–Crippen LogP) is 2.29. The van der Waals surface area contributed by atoms with Gasteiger partial charge in [0.2, 0.25) is 0 Å². The molecule has 4 N–H and O–H groups in total. The molecule has 0 aliphatic heterocycles. The fraction of sp³-hybridized carbons (Fsp3) is 0.222. The van der Waals surface area contributed by atoms with Crippen LogP contribution in [0.4, 0.5) is 0 Å². The molecule has 0 spiro atoms. The molecule has 0 unspecified atom stereocenters. The third-order valence-electron chi connectivity index (χ3n) is 3.72. The lowest BCUT2D eigenvalue weighted by molar-refractivity contribution is 0.100. The number of nitrogens with two attached hydrogens (primary N) is 2. The number of carbonyl (C=O) groups is 1. The highest BCUT2D eigenvalue weighted by Crippen LogP contribution is 2.33. The van der Waals surface area contributed by atoms with Crippen molar-refractivity contribution in [2.24, 2.45) is 16.5 Å². The lowest BCUT2D eigenvalue weighted by Crippen LogP contribution is -2.24. The second kappa shape index (κ2) is 7.06. The van der Waals surface area contributed by atoms with E-state index in [0.717, 1.165) is 11.8 Å². The number of nitrogens with zero attached hydrogens (tertiary/aromatic N) is 1. The normalized spacial score (nSPS) is 11.4. The predicted molar refractivity (Wildman–Crippen MR) is 99.2 cm³/mol. The Balaban J connectivity index is 2.85. The van der Waals surface area contributed by atoms with Gasteiger partial charge in [0.25, 0.3) is 5.91 Å². The number of hydrogen-bond acceptors (Lipinski definition) is 3. The van der Waals surface area contributed by atoms with Gasteiger partial charge in [-0.15, -0.1) is 0 Å². The first-order valence-electron chi connectivity index (χ1n) is 7.68. The summed E-state index contributed by atoms with van der Waals surface area (Å²) in [6, 6.07) is 12.2. The van der Waals surface area contributed by atoms with Crippen LogP contribution in [0.2, 0.25) is 0 Å².